The third kappa shape index (κ3) is 4.72. The van der Waals surface area contributed by atoms with Crippen molar-refractivity contribution in [2.45, 2.75) is 13.3 Å². The van der Waals surface area contributed by atoms with Crippen molar-refractivity contribution in [3.05, 3.63) is 59.8 Å². The Kier molecular flexibility index (Phi) is 5.04. The van der Waals surface area contributed by atoms with E-state index in [1.165, 1.54) is 0 Å². The lowest BCUT2D eigenvalue weighted by molar-refractivity contribution is -0.116. The molecular weight excluding hydrogens is 266 g/mol. The summed E-state index contributed by atoms with van der Waals surface area (Å²) in [7, 11) is 0. The molecule has 5 heteroatoms. The van der Waals surface area contributed by atoms with Gasteiger partial charge in [0.25, 0.3) is 5.91 Å². The Morgan fingerprint density at radius 1 is 1.05 bits per heavy atom. The Morgan fingerprint density at radius 2 is 1.81 bits per heavy atom. The van der Waals surface area contributed by atoms with Gasteiger partial charge >= 0.3 is 0 Å². The van der Waals surface area contributed by atoms with Gasteiger partial charge < -0.3 is 10.6 Å². The van der Waals surface area contributed by atoms with Gasteiger partial charge in [0.2, 0.25) is 5.91 Å². The normalized spacial score (nSPS) is 9.95. The van der Waals surface area contributed by atoms with E-state index in [9.17, 15) is 9.59 Å². The molecule has 0 fully saturated rings. The molecular formula is C16H17N3O2. The minimum Gasteiger partial charge on any atom is -0.352 e. The molecule has 2 N–H and O–H groups in total. The molecule has 2 aromatic rings. The van der Waals surface area contributed by atoms with E-state index < -0.39 is 0 Å². The average molecular weight is 283 g/mol. The van der Waals surface area contributed by atoms with Crippen LogP contribution in [0.5, 0.6) is 0 Å². The summed E-state index contributed by atoms with van der Waals surface area (Å²) < 4.78 is 0. The number of aromatic nitrogens is 1. The summed E-state index contributed by atoms with van der Waals surface area (Å²) in [4.78, 5) is 27.7. The average Bonchev–Trinajstić information content (AvgIpc) is 2.48. The van der Waals surface area contributed by atoms with Crippen LogP contribution in [0.4, 0.5) is 5.82 Å². The SMILES string of the molecule is Cc1cccc(NC(=O)CCNC(=O)c2ccccc2)n1. The molecule has 0 spiro atoms. The van der Waals surface area contributed by atoms with Crippen LogP contribution in [0.2, 0.25) is 0 Å². The molecule has 1 aromatic carbocycles. The van der Waals surface area contributed by atoms with E-state index in [-0.39, 0.29) is 24.8 Å². The topological polar surface area (TPSA) is 71.1 Å². The number of aryl methyl sites for hydroxylation is 1. The smallest absolute Gasteiger partial charge is 0.251 e. The molecule has 0 bridgehead atoms. The minimum atomic E-state index is -0.183. The van der Waals surface area contributed by atoms with Gasteiger partial charge in [0.15, 0.2) is 0 Å². The second kappa shape index (κ2) is 7.19. The van der Waals surface area contributed by atoms with E-state index in [1.807, 2.05) is 25.1 Å². The molecule has 2 amide bonds. The predicted octanol–water partition coefficient (Wildman–Crippen LogP) is 2.15. The maximum absolute atomic E-state index is 11.8. The van der Waals surface area contributed by atoms with Gasteiger partial charge in [0.1, 0.15) is 5.82 Å². The molecule has 0 aliphatic rings. The van der Waals surface area contributed by atoms with E-state index in [0.29, 0.717) is 11.4 Å². The number of rotatable bonds is 5. The Balaban J connectivity index is 1.76. The van der Waals surface area contributed by atoms with Crippen molar-refractivity contribution < 1.29 is 9.59 Å². The van der Waals surface area contributed by atoms with Crippen molar-refractivity contribution in [2.75, 3.05) is 11.9 Å². The molecule has 1 aromatic heterocycles. The van der Waals surface area contributed by atoms with Crippen LogP contribution in [0, 0.1) is 6.92 Å². The van der Waals surface area contributed by atoms with Crippen LogP contribution in [-0.4, -0.2) is 23.3 Å². The fourth-order valence-corrected chi connectivity index (χ4v) is 1.80. The molecule has 0 aliphatic heterocycles. The number of amides is 2. The molecule has 108 valence electrons. The van der Waals surface area contributed by atoms with Crippen LogP contribution in [0.3, 0.4) is 0 Å². The van der Waals surface area contributed by atoms with E-state index in [2.05, 4.69) is 15.6 Å². The molecule has 21 heavy (non-hydrogen) atoms. The molecule has 0 atom stereocenters. The third-order valence-corrected chi connectivity index (χ3v) is 2.83. The zero-order valence-electron chi connectivity index (χ0n) is 11.8. The van der Waals surface area contributed by atoms with E-state index in [4.69, 9.17) is 0 Å². The number of carbonyl (C=O) groups excluding carboxylic acids is 2. The lowest BCUT2D eigenvalue weighted by Crippen LogP contribution is -2.27. The molecule has 0 unspecified atom stereocenters. The number of anilines is 1. The Labute approximate surface area is 123 Å². The first-order valence-electron chi connectivity index (χ1n) is 6.72. The molecule has 0 aliphatic carbocycles. The summed E-state index contributed by atoms with van der Waals surface area (Å²) in [5.41, 5.74) is 1.42. The maximum Gasteiger partial charge on any atom is 0.251 e. The fourth-order valence-electron chi connectivity index (χ4n) is 1.80. The quantitative estimate of drug-likeness (QED) is 0.883. The largest absolute Gasteiger partial charge is 0.352 e. The summed E-state index contributed by atoms with van der Waals surface area (Å²) in [5.74, 6) is 0.160. The predicted molar refractivity (Wildman–Crippen MR) is 81.0 cm³/mol. The first-order chi connectivity index (χ1) is 10.1. The van der Waals surface area contributed by atoms with Gasteiger partial charge in [0, 0.05) is 24.2 Å². The minimum absolute atomic E-state index is 0.179. The summed E-state index contributed by atoms with van der Waals surface area (Å²) >= 11 is 0. The standard InChI is InChI=1S/C16H17N3O2/c1-12-6-5-9-14(18-12)19-15(20)10-11-17-16(21)13-7-3-2-4-8-13/h2-9H,10-11H2,1H3,(H,17,21)(H,18,19,20). The van der Waals surface area contributed by atoms with Gasteiger partial charge in [-0.1, -0.05) is 24.3 Å². The number of hydrogen-bond acceptors (Lipinski definition) is 3. The monoisotopic (exact) mass is 283 g/mol. The molecule has 2 rings (SSSR count). The molecule has 0 radical (unpaired) electrons. The van der Waals surface area contributed by atoms with Crippen molar-refractivity contribution >= 4 is 17.6 Å². The zero-order chi connectivity index (χ0) is 15.1. The highest BCUT2D eigenvalue weighted by Crippen LogP contribution is 2.04. The third-order valence-electron chi connectivity index (χ3n) is 2.83. The van der Waals surface area contributed by atoms with Crippen LogP contribution in [0.25, 0.3) is 0 Å². The zero-order valence-corrected chi connectivity index (χ0v) is 11.8. The lowest BCUT2D eigenvalue weighted by Gasteiger charge is -2.06. The van der Waals surface area contributed by atoms with Crippen LogP contribution in [0.1, 0.15) is 22.5 Å². The maximum atomic E-state index is 11.8. The number of benzene rings is 1. The highest BCUT2D eigenvalue weighted by atomic mass is 16.2. The Morgan fingerprint density at radius 3 is 2.52 bits per heavy atom. The van der Waals surface area contributed by atoms with Crippen LogP contribution in [0.15, 0.2) is 48.5 Å². The second-order valence-corrected chi connectivity index (χ2v) is 4.58. The Hall–Kier alpha value is -2.69. The highest BCUT2D eigenvalue weighted by Gasteiger charge is 2.06. The van der Waals surface area contributed by atoms with Gasteiger partial charge in [-0.3, -0.25) is 9.59 Å². The van der Waals surface area contributed by atoms with Crippen molar-refractivity contribution in [2.24, 2.45) is 0 Å². The summed E-state index contributed by atoms with van der Waals surface area (Å²) in [6, 6.07) is 14.3. The number of hydrogen-bond donors (Lipinski definition) is 2. The van der Waals surface area contributed by atoms with E-state index in [1.54, 1.807) is 30.3 Å². The summed E-state index contributed by atoms with van der Waals surface area (Å²) in [6.45, 7) is 2.14. The van der Waals surface area contributed by atoms with Crippen LogP contribution in [-0.2, 0) is 4.79 Å². The van der Waals surface area contributed by atoms with Crippen molar-refractivity contribution in [3.8, 4) is 0 Å². The van der Waals surface area contributed by atoms with Crippen molar-refractivity contribution in [3.63, 3.8) is 0 Å². The number of nitrogens with one attached hydrogen (secondary N) is 2. The van der Waals surface area contributed by atoms with Crippen LogP contribution < -0.4 is 10.6 Å². The van der Waals surface area contributed by atoms with Gasteiger partial charge in [-0.25, -0.2) is 4.98 Å². The summed E-state index contributed by atoms with van der Waals surface area (Å²) in [5, 5.41) is 5.40. The van der Waals surface area contributed by atoms with E-state index >= 15 is 0 Å². The van der Waals surface area contributed by atoms with E-state index in [0.717, 1.165) is 5.69 Å². The van der Waals surface area contributed by atoms with Crippen molar-refractivity contribution in [1.82, 2.24) is 10.3 Å². The second-order valence-electron chi connectivity index (χ2n) is 4.58. The Bertz CT molecular complexity index is 626. The molecule has 0 saturated heterocycles. The van der Waals surface area contributed by atoms with Crippen molar-refractivity contribution in [1.29, 1.82) is 0 Å². The molecule has 0 saturated carbocycles. The molecule has 5 nitrogen and oxygen atoms in total. The number of pyridine rings is 1. The number of carbonyl (C=O) groups is 2. The molecule has 1 heterocycles. The first-order valence-corrected chi connectivity index (χ1v) is 6.72. The summed E-state index contributed by atoms with van der Waals surface area (Å²) in [6.07, 6.45) is 0.203. The van der Waals surface area contributed by atoms with Gasteiger partial charge in [-0.15, -0.1) is 0 Å². The van der Waals surface area contributed by atoms with Gasteiger partial charge in [-0.05, 0) is 31.2 Å². The first kappa shape index (κ1) is 14.7. The highest BCUT2D eigenvalue weighted by molar-refractivity contribution is 5.95. The lowest BCUT2D eigenvalue weighted by atomic mass is 10.2. The van der Waals surface area contributed by atoms with Crippen LogP contribution >= 0.6 is 0 Å². The van der Waals surface area contributed by atoms with Gasteiger partial charge in [-0.2, -0.15) is 0 Å². The fraction of sp³-hybridized carbons (Fsp3) is 0.188. The van der Waals surface area contributed by atoms with Gasteiger partial charge in [0.05, 0.1) is 0 Å². The number of nitrogens with zero attached hydrogens (tertiary/aromatic N) is 1.